The molecule has 6 nitrogen and oxygen atoms in total. The van der Waals surface area contributed by atoms with Crippen molar-refractivity contribution in [1.82, 2.24) is 4.72 Å². The Bertz CT molecular complexity index is 1140. The van der Waals surface area contributed by atoms with E-state index in [9.17, 15) is 13.2 Å². The van der Waals surface area contributed by atoms with Crippen LogP contribution >= 0.6 is 0 Å². The second-order valence-corrected chi connectivity index (χ2v) is 9.07. The van der Waals surface area contributed by atoms with Crippen LogP contribution in [0.25, 0.3) is 0 Å². The van der Waals surface area contributed by atoms with Crippen molar-refractivity contribution >= 4 is 21.6 Å². The van der Waals surface area contributed by atoms with Gasteiger partial charge in [0.15, 0.2) is 6.61 Å². The summed E-state index contributed by atoms with van der Waals surface area (Å²) in [5, 5.41) is 2.78. The molecule has 0 fully saturated rings. The van der Waals surface area contributed by atoms with Crippen LogP contribution < -0.4 is 14.8 Å². The fraction of sp³-hybridized carbons (Fsp3) is 0.208. The average Bonchev–Trinajstić information content (AvgIpc) is 2.75. The molecule has 3 aromatic carbocycles. The highest BCUT2D eigenvalue weighted by molar-refractivity contribution is 7.89. The number of amides is 1. The quantitative estimate of drug-likeness (QED) is 0.547. The summed E-state index contributed by atoms with van der Waals surface area (Å²) in [6.07, 6.45) is 0. The van der Waals surface area contributed by atoms with Crippen LogP contribution in [0.5, 0.6) is 5.75 Å². The predicted octanol–water partition coefficient (Wildman–Crippen LogP) is 4.36. The largest absolute Gasteiger partial charge is 0.484 e. The number of hydrogen-bond acceptors (Lipinski definition) is 4. The average molecular weight is 439 g/mol. The molecule has 0 saturated heterocycles. The number of benzene rings is 3. The molecule has 2 N–H and O–H groups in total. The van der Waals surface area contributed by atoms with Crippen LogP contribution in [0.15, 0.2) is 77.7 Å². The Hall–Kier alpha value is -3.16. The molecule has 0 spiro atoms. The second kappa shape index (κ2) is 9.76. The van der Waals surface area contributed by atoms with Gasteiger partial charge in [-0.25, -0.2) is 13.1 Å². The molecule has 0 unspecified atom stereocenters. The number of nitrogens with one attached hydrogen (secondary N) is 2. The minimum absolute atomic E-state index is 0.127. The first-order chi connectivity index (χ1) is 14.7. The highest BCUT2D eigenvalue weighted by Crippen LogP contribution is 2.20. The summed E-state index contributed by atoms with van der Waals surface area (Å²) < 4.78 is 33.4. The number of rotatable bonds is 8. The molecule has 31 heavy (non-hydrogen) atoms. The van der Waals surface area contributed by atoms with Crippen molar-refractivity contribution < 1.29 is 17.9 Å². The maximum absolute atomic E-state index is 12.6. The van der Waals surface area contributed by atoms with Gasteiger partial charge in [-0.1, -0.05) is 36.4 Å². The zero-order chi connectivity index (χ0) is 22.4. The van der Waals surface area contributed by atoms with Gasteiger partial charge >= 0.3 is 0 Å². The fourth-order valence-corrected chi connectivity index (χ4v) is 4.22. The van der Waals surface area contributed by atoms with Gasteiger partial charge in [0.1, 0.15) is 5.75 Å². The van der Waals surface area contributed by atoms with Gasteiger partial charge in [-0.15, -0.1) is 0 Å². The summed E-state index contributed by atoms with van der Waals surface area (Å²) in [6.45, 7) is 5.60. The van der Waals surface area contributed by atoms with E-state index in [0.717, 1.165) is 16.7 Å². The number of ether oxygens (including phenoxy) is 1. The maximum atomic E-state index is 12.6. The van der Waals surface area contributed by atoms with Crippen molar-refractivity contribution in [2.75, 3.05) is 11.9 Å². The van der Waals surface area contributed by atoms with E-state index in [1.807, 2.05) is 62.4 Å². The van der Waals surface area contributed by atoms with Crippen LogP contribution in [-0.4, -0.2) is 20.9 Å². The maximum Gasteiger partial charge on any atom is 0.262 e. The molecule has 0 heterocycles. The zero-order valence-corrected chi connectivity index (χ0v) is 18.6. The number of anilines is 1. The molecule has 0 aromatic heterocycles. The highest BCUT2D eigenvalue weighted by atomic mass is 32.2. The summed E-state index contributed by atoms with van der Waals surface area (Å²) in [7, 11) is -3.69. The third kappa shape index (κ3) is 6.16. The van der Waals surface area contributed by atoms with Gasteiger partial charge in [0, 0.05) is 11.7 Å². The Labute approximate surface area is 183 Å². The van der Waals surface area contributed by atoms with E-state index in [2.05, 4.69) is 10.0 Å². The van der Waals surface area contributed by atoms with Crippen LogP contribution in [-0.2, 0) is 14.8 Å². The Morgan fingerprint density at radius 1 is 0.935 bits per heavy atom. The molecular weight excluding hydrogens is 412 g/mol. The topological polar surface area (TPSA) is 84.5 Å². The fourth-order valence-electron chi connectivity index (χ4n) is 2.99. The zero-order valence-electron chi connectivity index (χ0n) is 17.8. The van der Waals surface area contributed by atoms with E-state index >= 15 is 0 Å². The predicted molar refractivity (Wildman–Crippen MR) is 122 cm³/mol. The lowest BCUT2D eigenvalue weighted by Gasteiger charge is -2.15. The van der Waals surface area contributed by atoms with Gasteiger partial charge in [-0.3, -0.25) is 4.79 Å². The number of sulfonamides is 1. The van der Waals surface area contributed by atoms with Crippen LogP contribution in [0, 0.1) is 13.8 Å². The molecule has 7 heteroatoms. The lowest BCUT2D eigenvalue weighted by molar-refractivity contribution is -0.118. The Balaban J connectivity index is 1.56. The number of carbonyl (C=O) groups excluding carboxylic acids is 1. The van der Waals surface area contributed by atoms with Gasteiger partial charge in [-0.05, 0) is 73.9 Å². The monoisotopic (exact) mass is 438 g/mol. The summed E-state index contributed by atoms with van der Waals surface area (Å²) in [5.74, 6) is 0.114. The van der Waals surface area contributed by atoms with E-state index in [-0.39, 0.29) is 23.5 Å². The van der Waals surface area contributed by atoms with Gasteiger partial charge in [0.05, 0.1) is 4.90 Å². The molecule has 162 valence electrons. The molecule has 0 bridgehead atoms. The smallest absolute Gasteiger partial charge is 0.262 e. The highest BCUT2D eigenvalue weighted by Gasteiger charge is 2.18. The molecule has 1 atom stereocenters. The second-order valence-electron chi connectivity index (χ2n) is 7.36. The molecule has 0 aliphatic rings. The van der Waals surface area contributed by atoms with E-state index in [0.29, 0.717) is 11.4 Å². The summed E-state index contributed by atoms with van der Waals surface area (Å²) in [6, 6.07) is 20.6. The first kappa shape index (κ1) is 22.5. The Kier molecular flexibility index (Phi) is 7.09. The molecule has 1 amide bonds. The first-order valence-electron chi connectivity index (χ1n) is 9.92. The summed E-state index contributed by atoms with van der Waals surface area (Å²) in [4.78, 5) is 12.2. The standard InChI is InChI=1S/C24H26N2O4S/c1-17-9-10-21(15-18(17)2)25-24(27)16-30-22-11-13-23(14-12-22)31(28,29)26-19(3)20-7-5-4-6-8-20/h4-15,19,26H,16H2,1-3H3,(H,25,27)/t19-/m1/s1. The van der Waals surface area contributed by atoms with Crippen LogP contribution in [0.1, 0.15) is 29.7 Å². The van der Waals surface area contributed by atoms with Gasteiger partial charge < -0.3 is 10.1 Å². The molecule has 3 rings (SSSR count). The van der Waals surface area contributed by atoms with Crippen molar-refractivity contribution in [2.45, 2.75) is 31.7 Å². The molecule has 0 aliphatic carbocycles. The normalized spacial score (nSPS) is 12.2. The van der Waals surface area contributed by atoms with Gasteiger partial charge in [0.2, 0.25) is 10.0 Å². The lowest BCUT2D eigenvalue weighted by Crippen LogP contribution is -2.26. The third-order valence-corrected chi connectivity index (χ3v) is 6.48. The first-order valence-corrected chi connectivity index (χ1v) is 11.4. The van der Waals surface area contributed by atoms with Crippen molar-refractivity contribution in [2.24, 2.45) is 0 Å². The summed E-state index contributed by atoms with van der Waals surface area (Å²) in [5.41, 5.74) is 3.82. The Morgan fingerprint density at radius 2 is 1.61 bits per heavy atom. The minimum atomic E-state index is -3.69. The minimum Gasteiger partial charge on any atom is -0.484 e. The van der Waals surface area contributed by atoms with Gasteiger partial charge in [0.25, 0.3) is 5.91 Å². The van der Waals surface area contributed by atoms with Crippen molar-refractivity contribution in [3.63, 3.8) is 0 Å². The van der Waals surface area contributed by atoms with Crippen LogP contribution in [0.4, 0.5) is 5.69 Å². The summed E-state index contributed by atoms with van der Waals surface area (Å²) >= 11 is 0. The SMILES string of the molecule is Cc1ccc(NC(=O)COc2ccc(S(=O)(=O)N[C@H](C)c3ccccc3)cc2)cc1C. The van der Waals surface area contributed by atoms with E-state index < -0.39 is 10.0 Å². The van der Waals surface area contributed by atoms with E-state index in [1.54, 1.807) is 6.92 Å². The number of carbonyl (C=O) groups is 1. The third-order valence-electron chi connectivity index (χ3n) is 4.93. The van der Waals surface area contributed by atoms with Crippen molar-refractivity contribution in [1.29, 1.82) is 0 Å². The molecule has 0 aliphatic heterocycles. The molecule has 3 aromatic rings. The van der Waals surface area contributed by atoms with Crippen LogP contribution in [0.2, 0.25) is 0 Å². The Morgan fingerprint density at radius 3 is 2.26 bits per heavy atom. The molecule has 0 radical (unpaired) electrons. The lowest BCUT2D eigenvalue weighted by atomic mass is 10.1. The van der Waals surface area contributed by atoms with Crippen molar-refractivity contribution in [3.8, 4) is 5.75 Å². The molecule has 0 saturated carbocycles. The van der Waals surface area contributed by atoms with Crippen molar-refractivity contribution in [3.05, 3.63) is 89.5 Å². The van der Waals surface area contributed by atoms with E-state index in [4.69, 9.17) is 4.74 Å². The van der Waals surface area contributed by atoms with E-state index in [1.165, 1.54) is 24.3 Å². The number of hydrogen-bond donors (Lipinski definition) is 2. The van der Waals surface area contributed by atoms with Gasteiger partial charge in [-0.2, -0.15) is 0 Å². The number of aryl methyl sites for hydroxylation is 2. The molecular formula is C24H26N2O4S. The van der Waals surface area contributed by atoms with Crippen LogP contribution in [0.3, 0.4) is 0 Å².